The number of nitrogens with zero attached hydrogens (tertiary/aromatic N) is 4. The summed E-state index contributed by atoms with van der Waals surface area (Å²) in [7, 11) is 0. The number of likely N-dealkylation sites (tertiary alicyclic amines) is 1. The Morgan fingerprint density at radius 1 is 1.16 bits per heavy atom. The molecule has 1 N–H and O–H groups in total. The molecule has 2 aromatic rings. The first kappa shape index (κ1) is 27.6. The van der Waals surface area contributed by atoms with Gasteiger partial charge in [0.25, 0.3) is 5.91 Å². The topological polar surface area (TPSA) is 103 Å². The number of hydrogen-bond acceptors (Lipinski definition) is 6. The third-order valence-electron chi connectivity index (χ3n) is 6.67. The van der Waals surface area contributed by atoms with Crippen LogP contribution in [0.4, 0.5) is 28.8 Å². The van der Waals surface area contributed by atoms with E-state index in [1.807, 2.05) is 0 Å². The van der Waals surface area contributed by atoms with E-state index in [1.54, 1.807) is 17.0 Å². The zero-order chi connectivity index (χ0) is 27.7. The monoisotopic (exact) mass is 551 g/mol. The van der Waals surface area contributed by atoms with Gasteiger partial charge in [0.15, 0.2) is 0 Å². The zero-order valence-corrected chi connectivity index (χ0v) is 21.8. The zero-order valence-electron chi connectivity index (χ0n) is 21.0. The molecule has 0 spiro atoms. The van der Waals surface area contributed by atoms with Gasteiger partial charge in [-0.05, 0) is 50.5 Å². The second-order valence-electron chi connectivity index (χ2n) is 9.78. The largest absolute Gasteiger partial charge is 0.417 e. The van der Waals surface area contributed by atoms with Gasteiger partial charge in [0.2, 0.25) is 11.8 Å². The number of imide groups is 1. The summed E-state index contributed by atoms with van der Waals surface area (Å²) in [5.74, 6) is -0.656. The summed E-state index contributed by atoms with van der Waals surface area (Å²) in [6.45, 7) is 3.98. The smallest absolute Gasteiger partial charge is 0.342 e. The molecule has 4 heterocycles. The Kier molecular flexibility index (Phi) is 7.77. The third kappa shape index (κ3) is 5.82. The van der Waals surface area contributed by atoms with E-state index in [0.717, 1.165) is 35.6 Å². The van der Waals surface area contributed by atoms with E-state index in [9.17, 15) is 32.3 Å². The van der Waals surface area contributed by atoms with Gasteiger partial charge >= 0.3 is 12.2 Å². The third-order valence-corrected chi connectivity index (χ3v) is 7.58. The van der Waals surface area contributed by atoms with Crippen LogP contribution in [0.15, 0.2) is 29.8 Å². The van der Waals surface area contributed by atoms with Crippen molar-refractivity contribution in [3.05, 3.63) is 40.9 Å². The van der Waals surface area contributed by atoms with E-state index in [0.29, 0.717) is 36.4 Å². The molecule has 2 aliphatic rings. The van der Waals surface area contributed by atoms with Gasteiger partial charge in [-0.3, -0.25) is 14.4 Å². The lowest BCUT2D eigenvalue weighted by molar-refractivity contribution is -0.137. The van der Waals surface area contributed by atoms with Gasteiger partial charge in [-0.1, -0.05) is 6.42 Å². The highest BCUT2D eigenvalue weighted by atomic mass is 32.1. The van der Waals surface area contributed by atoms with Crippen LogP contribution in [0.2, 0.25) is 0 Å². The molecule has 4 rings (SSSR count). The minimum absolute atomic E-state index is 0.0285. The molecular weight excluding hydrogens is 523 g/mol. The average Bonchev–Trinajstić information content (AvgIpc) is 3.31. The summed E-state index contributed by atoms with van der Waals surface area (Å²) < 4.78 is 39.2. The number of urea groups is 1. The minimum Gasteiger partial charge on any atom is -0.342 e. The van der Waals surface area contributed by atoms with Gasteiger partial charge in [0.1, 0.15) is 16.4 Å². The number of amides is 5. The SMILES string of the molecule is CC1(C)C(=O)N(c2cc(C(F)(F)F)cs2)C(=O)N1Cc1ccnc(NC(=O)CCN2CCCCCC2=O)c1. The molecule has 9 nitrogen and oxygen atoms in total. The Labute approximate surface area is 221 Å². The van der Waals surface area contributed by atoms with Crippen molar-refractivity contribution >= 4 is 45.9 Å². The standard InChI is InChI=1S/C25H28F3N5O4S/c1-24(2)22(36)33(21-13-17(15-38-21)25(26,27)28)23(37)32(24)14-16-7-9-29-18(12-16)30-19(34)8-11-31-10-5-3-4-6-20(31)35/h7,9,12-13,15H,3-6,8,10-11,14H2,1-2H3,(H,29,30,34). The van der Waals surface area contributed by atoms with Crippen molar-refractivity contribution in [1.29, 1.82) is 0 Å². The molecule has 2 saturated heterocycles. The van der Waals surface area contributed by atoms with Crippen LogP contribution < -0.4 is 10.2 Å². The second kappa shape index (κ2) is 10.7. The summed E-state index contributed by atoms with van der Waals surface area (Å²) >= 11 is 0.671. The van der Waals surface area contributed by atoms with Crippen LogP contribution in [0.5, 0.6) is 0 Å². The number of thiophene rings is 1. The molecule has 2 aromatic heterocycles. The lowest BCUT2D eigenvalue weighted by Gasteiger charge is -2.27. The van der Waals surface area contributed by atoms with Crippen molar-refractivity contribution in [1.82, 2.24) is 14.8 Å². The number of alkyl halides is 3. The Bertz CT molecular complexity index is 1250. The number of rotatable bonds is 7. The van der Waals surface area contributed by atoms with E-state index < -0.39 is 29.2 Å². The summed E-state index contributed by atoms with van der Waals surface area (Å²) in [5, 5.41) is 3.46. The van der Waals surface area contributed by atoms with Crippen LogP contribution in [0.25, 0.3) is 0 Å². The van der Waals surface area contributed by atoms with Gasteiger partial charge < -0.3 is 15.1 Å². The van der Waals surface area contributed by atoms with Gasteiger partial charge in [-0.15, -0.1) is 11.3 Å². The molecule has 0 bridgehead atoms. The number of carbonyl (C=O) groups excluding carboxylic acids is 4. The van der Waals surface area contributed by atoms with Crippen LogP contribution in [-0.4, -0.2) is 57.2 Å². The summed E-state index contributed by atoms with van der Waals surface area (Å²) in [4.78, 5) is 58.7. The predicted molar refractivity (Wildman–Crippen MR) is 134 cm³/mol. The number of aromatic nitrogens is 1. The minimum atomic E-state index is -4.59. The van der Waals surface area contributed by atoms with Crippen LogP contribution in [0.3, 0.4) is 0 Å². The van der Waals surface area contributed by atoms with Crippen molar-refractivity contribution in [3.63, 3.8) is 0 Å². The number of anilines is 2. The molecule has 204 valence electrons. The van der Waals surface area contributed by atoms with Crippen molar-refractivity contribution in [3.8, 4) is 0 Å². The highest BCUT2D eigenvalue weighted by Gasteiger charge is 2.52. The molecular formula is C25H28F3N5O4S. The normalized spacial score (nSPS) is 18.2. The van der Waals surface area contributed by atoms with Crippen molar-refractivity contribution < 1.29 is 32.3 Å². The van der Waals surface area contributed by atoms with Crippen LogP contribution in [0.1, 0.15) is 57.1 Å². The van der Waals surface area contributed by atoms with Gasteiger partial charge in [-0.2, -0.15) is 13.2 Å². The van der Waals surface area contributed by atoms with E-state index in [1.165, 1.54) is 24.9 Å². The van der Waals surface area contributed by atoms with Crippen molar-refractivity contribution in [2.24, 2.45) is 0 Å². The molecule has 2 fully saturated rings. The first-order chi connectivity index (χ1) is 17.9. The molecule has 0 aromatic carbocycles. The van der Waals surface area contributed by atoms with Crippen molar-refractivity contribution in [2.45, 2.75) is 64.2 Å². The summed E-state index contributed by atoms with van der Waals surface area (Å²) in [6, 6.07) is 3.24. The Balaban J connectivity index is 1.42. The summed E-state index contributed by atoms with van der Waals surface area (Å²) in [5.41, 5.74) is -1.67. The Hall–Kier alpha value is -3.48. The fourth-order valence-corrected chi connectivity index (χ4v) is 5.34. The molecule has 38 heavy (non-hydrogen) atoms. The molecule has 0 atom stereocenters. The van der Waals surface area contributed by atoms with Crippen molar-refractivity contribution in [2.75, 3.05) is 23.3 Å². The molecule has 0 saturated carbocycles. The fourth-order valence-electron chi connectivity index (χ4n) is 4.43. The van der Waals surface area contributed by atoms with Crippen LogP contribution in [0, 0.1) is 0 Å². The highest BCUT2D eigenvalue weighted by molar-refractivity contribution is 7.14. The Morgan fingerprint density at radius 2 is 1.92 bits per heavy atom. The number of pyridine rings is 1. The lowest BCUT2D eigenvalue weighted by Crippen LogP contribution is -2.43. The molecule has 0 aliphatic carbocycles. The number of halogens is 3. The van der Waals surface area contributed by atoms with E-state index in [-0.39, 0.29) is 35.6 Å². The number of hydrogen-bond donors (Lipinski definition) is 1. The quantitative estimate of drug-likeness (QED) is 0.505. The van der Waals surface area contributed by atoms with Gasteiger partial charge in [0, 0.05) is 44.1 Å². The highest BCUT2D eigenvalue weighted by Crippen LogP contribution is 2.40. The van der Waals surface area contributed by atoms with Crippen LogP contribution >= 0.6 is 11.3 Å². The van der Waals surface area contributed by atoms with Gasteiger partial charge in [0.05, 0.1) is 5.56 Å². The molecule has 5 amide bonds. The fraction of sp³-hybridized carbons (Fsp3) is 0.480. The molecule has 13 heteroatoms. The maximum absolute atomic E-state index is 13.2. The summed E-state index contributed by atoms with van der Waals surface area (Å²) in [6.07, 6.45) is 0.235. The van der Waals surface area contributed by atoms with Gasteiger partial charge in [-0.25, -0.2) is 14.7 Å². The number of carbonyl (C=O) groups is 4. The molecule has 2 aliphatic heterocycles. The van der Waals surface area contributed by atoms with E-state index in [4.69, 9.17) is 0 Å². The Morgan fingerprint density at radius 3 is 2.63 bits per heavy atom. The van der Waals surface area contributed by atoms with Crippen LogP contribution in [-0.2, 0) is 27.1 Å². The second-order valence-corrected chi connectivity index (χ2v) is 10.7. The molecule has 0 radical (unpaired) electrons. The molecule has 0 unspecified atom stereocenters. The average molecular weight is 552 g/mol. The maximum atomic E-state index is 13.2. The maximum Gasteiger partial charge on any atom is 0.417 e. The number of nitrogens with one attached hydrogen (secondary N) is 1. The predicted octanol–water partition coefficient (Wildman–Crippen LogP) is 4.64. The first-order valence-corrected chi connectivity index (χ1v) is 13.1. The van der Waals surface area contributed by atoms with E-state index >= 15 is 0 Å². The van der Waals surface area contributed by atoms with E-state index in [2.05, 4.69) is 10.3 Å². The lowest BCUT2D eigenvalue weighted by atomic mass is 10.0. The first-order valence-electron chi connectivity index (χ1n) is 12.2.